The van der Waals surface area contributed by atoms with Crippen molar-refractivity contribution in [2.45, 2.75) is 25.8 Å². The summed E-state index contributed by atoms with van der Waals surface area (Å²) >= 11 is 0. The van der Waals surface area contributed by atoms with Gasteiger partial charge in [-0.05, 0) is 37.0 Å². The molecule has 1 fully saturated rings. The van der Waals surface area contributed by atoms with Gasteiger partial charge in [-0.3, -0.25) is 9.78 Å². The standard InChI is InChI=1S/C17H15N5O/c18-7-11-3-4-13-12(5-11)17-14(8-19-13)21-15(22-17)9-20-16(23)6-10-1-2-10/h3-5,8,10H,1-2,6,9H2,(H,20,23)(H,21,22). The first-order valence-electron chi connectivity index (χ1n) is 7.67. The molecule has 0 aliphatic heterocycles. The fourth-order valence-electron chi connectivity index (χ4n) is 2.70. The average Bonchev–Trinajstić information content (AvgIpc) is 3.27. The number of rotatable bonds is 4. The van der Waals surface area contributed by atoms with E-state index in [1.54, 1.807) is 18.3 Å². The maximum Gasteiger partial charge on any atom is 0.220 e. The van der Waals surface area contributed by atoms with E-state index >= 15 is 0 Å². The zero-order chi connectivity index (χ0) is 15.8. The Morgan fingerprint density at radius 1 is 1.43 bits per heavy atom. The molecule has 0 spiro atoms. The number of H-pyrrole nitrogens is 1. The number of amides is 1. The summed E-state index contributed by atoms with van der Waals surface area (Å²) in [6.45, 7) is 0.375. The molecule has 3 aromatic rings. The van der Waals surface area contributed by atoms with E-state index in [0.717, 1.165) is 34.8 Å². The van der Waals surface area contributed by atoms with Crippen molar-refractivity contribution in [3.05, 3.63) is 35.8 Å². The molecule has 2 aromatic heterocycles. The highest BCUT2D eigenvalue weighted by Gasteiger charge is 2.24. The van der Waals surface area contributed by atoms with Crippen LogP contribution in [0.15, 0.2) is 24.4 Å². The molecule has 0 radical (unpaired) electrons. The minimum Gasteiger partial charge on any atom is -0.349 e. The Labute approximate surface area is 132 Å². The van der Waals surface area contributed by atoms with Gasteiger partial charge in [-0.2, -0.15) is 5.26 Å². The average molecular weight is 305 g/mol. The topological polar surface area (TPSA) is 94.5 Å². The fraction of sp³-hybridized carbons (Fsp3) is 0.294. The van der Waals surface area contributed by atoms with Gasteiger partial charge in [-0.25, -0.2) is 4.98 Å². The molecule has 0 unspecified atom stereocenters. The molecule has 114 valence electrons. The number of hydrogen-bond donors (Lipinski definition) is 2. The van der Waals surface area contributed by atoms with E-state index in [1.165, 1.54) is 0 Å². The number of fused-ring (bicyclic) bond motifs is 3. The van der Waals surface area contributed by atoms with Gasteiger partial charge in [0.1, 0.15) is 5.82 Å². The maximum atomic E-state index is 11.8. The van der Waals surface area contributed by atoms with Gasteiger partial charge in [-0.15, -0.1) is 0 Å². The van der Waals surface area contributed by atoms with E-state index in [0.29, 0.717) is 30.3 Å². The first-order valence-corrected chi connectivity index (χ1v) is 7.67. The van der Waals surface area contributed by atoms with Crippen LogP contribution in [0.4, 0.5) is 0 Å². The summed E-state index contributed by atoms with van der Waals surface area (Å²) in [7, 11) is 0. The van der Waals surface area contributed by atoms with Crippen molar-refractivity contribution in [2.75, 3.05) is 0 Å². The first-order chi connectivity index (χ1) is 11.2. The van der Waals surface area contributed by atoms with Gasteiger partial charge in [0.05, 0.1) is 40.9 Å². The van der Waals surface area contributed by atoms with E-state index in [2.05, 4.69) is 26.3 Å². The normalized spacial score (nSPS) is 14.0. The SMILES string of the molecule is N#Cc1ccc2ncc3[nH]c(CNC(=O)CC4CC4)nc3c2c1. The van der Waals surface area contributed by atoms with Crippen molar-refractivity contribution in [1.82, 2.24) is 20.3 Å². The predicted molar refractivity (Wildman–Crippen MR) is 85.3 cm³/mol. The Hall–Kier alpha value is -2.94. The third-order valence-electron chi connectivity index (χ3n) is 4.12. The lowest BCUT2D eigenvalue weighted by Crippen LogP contribution is -2.23. The Kier molecular flexibility index (Phi) is 3.19. The number of carbonyl (C=O) groups excluding carboxylic acids is 1. The monoisotopic (exact) mass is 305 g/mol. The highest BCUT2D eigenvalue weighted by Crippen LogP contribution is 2.32. The summed E-state index contributed by atoms with van der Waals surface area (Å²) < 4.78 is 0. The largest absolute Gasteiger partial charge is 0.349 e. The summed E-state index contributed by atoms with van der Waals surface area (Å²) in [5.74, 6) is 1.34. The van der Waals surface area contributed by atoms with Crippen molar-refractivity contribution in [1.29, 1.82) is 5.26 Å². The van der Waals surface area contributed by atoms with Gasteiger partial charge in [0.15, 0.2) is 0 Å². The van der Waals surface area contributed by atoms with Crippen LogP contribution in [0.1, 0.15) is 30.7 Å². The van der Waals surface area contributed by atoms with Crippen LogP contribution in [0.2, 0.25) is 0 Å². The number of aromatic amines is 1. The Bertz CT molecular complexity index is 949. The van der Waals surface area contributed by atoms with E-state index in [-0.39, 0.29) is 5.91 Å². The van der Waals surface area contributed by atoms with Crippen molar-refractivity contribution in [3.63, 3.8) is 0 Å². The van der Waals surface area contributed by atoms with Gasteiger partial charge in [0.25, 0.3) is 0 Å². The Balaban J connectivity index is 1.62. The maximum absolute atomic E-state index is 11.8. The van der Waals surface area contributed by atoms with Gasteiger partial charge in [0, 0.05) is 11.8 Å². The summed E-state index contributed by atoms with van der Waals surface area (Å²) in [6, 6.07) is 7.49. The highest BCUT2D eigenvalue weighted by molar-refractivity contribution is 6.02. The van der Waals surface area contributed by atoms with Gasteiger partial charge in [0.2, 0.25) is 5.91 Å². The molecule has 0 atom stereocenters. The summed E-state index contributed by atoms with van der Waals surface area (Å²) in [4.78, 5) is 23.9. The van der Waals surface area contributed by atoms with Crippen LogP contribution in [-0.4, -0.2) is 20.9 Å². The number of nitriles is 1. The van der Waals surface area contributed by atoms with Gasteiger partial charge >= 0.3 is 0 Å². The molecule has 23 heavy (non-hydrogen) atoms. The Morgan fingerprint density at radius 2 is 2.30 bits per heavy atom. The van der Waals surface area contributed by atoms with Crippen molar-refractivity contribution >= 4 is 27.8 Å². The number of aromatic nitrogens is 3. The van der Waals surface area contributed by atoms with Crippen LogP contribution < -0.4 is 5.32 Å². The number of nitrogens with zero attached hydrogens (tertiary/aromatic N) is 3. The number of imidazole rings is 1. The highest BCUT2D eigenvalue weighted by atomic mass is 16.1. The zero-order valence-corrected chi connectivity index (χ0v) is 12.5. The molecule has 1 aromatic carbocycles. The summed E-state index contributed by atoms with van der Waals surface area (Å²) in [5, 5.41) is 12.8. The van der Waals surface area contributed by atoms with E-state index < -0.39 is 0 Å². The van der Waals surface area contributed by atoms with Crippen LogP contribution >= 0.6 is 0 Å². The number of benzene rings is 1. The second kappa shape index (κ2) is 5.36. The fourth-order valence-corrected chi connectivity index (χ4v) is 2.70. The third-order valence-corrected chi connectivity index (χ3v) is 4.12. The van der Waals surface area contributed by atoms with Crippen LogP contribution in [0.3, 0.4) is 0 Å². The lowest BCUT2D eigenvalue weighted by Gasteiger charge is -2.01. The molecule has 1 aliphatic carbocycles. The second-order valence-corrected chi connectivity index (χ2v) is 5.97. The number of hydrogen-bond acceptors (Lipinski definition) is 4. The minimum absolute atomic E-state index is 0.0719. The molecule has 1 aliphatic rings. The van der Waals surface area contributed by atoms with Gasteiger partial charge < -0.3 is 10.3 Å². The van der Waals surface area contributed by atoms with Crippen molar-refractivity contribution < 1.29 is 4.79 Å². The Morgan fingerprint density at radius 3 is 3.09 bits per heavy atom. The zero-order valence-electron chi connectivity index (χ0n) is 12.5. The number of carbonyl (C=O) groups is 1. The minimum atomic E-state index is 0.0719. The molecule has 6 heteroatoms. The molecule has 4 rings (SSSR count). The predicted octanol–water partition coefficient (Wildman–Crippen LogP) is 2.40. The smallest absolute Gasteiger partial charge is 0.220 e. The van der Waals surface area contributed by atoms with Crippen LogP contribution in [0.25, 0.3) is 21.9 Å². The lowest BCUT2D eigenvalue weighted by molar-refractivity contribution is -0.121. The van der Waals surface area contributed by atoms with E-state index in [4.69, 9.17) is 5.26 Å². The second-order valence-electron chi connectivity index (χ2n) is 5.97. The van der Waals surface area contributed by atoms with Crippen LogP contribution in [-0.2, 0) is 11.3 Å². The molecular formula is C17H15N5O. The molecule has 2 N–H and O–H groups in total. The molecule has 1 amide bonds. The summed E-state index contributed by atoms with van der Waals surface area (Å²) in [5.41, 5.74) is 2.96. The number of nitrogens with one attached hydrogen (secondary N) is 2. The molecular weight excluding hydrogens is 290 g/mol. The molecule has 0 bridgehead atoms. The molecule has 2 heterocycles. The van der Waals surface area contributed by atoms with Crippen molar-refractivity contribution in [3.8, 4) is 6.07 Å². The van der Waals surface area contributed by atoms with E-state index in [9.17, 15) is 4.79 Å². The van der Waals surface area contributed by atoms with Crippen LogP contribution in [0.5, 0.6) is 0 Å². The number of pyridine rings is 1. The first kappa shape index (κ1) is 13.7. The van der Waals surface area contributed by atoms with E-state index in [1.807, 2.05) is 6.07 Å². The van der Waals surface area contributed by atoms with Crippen molar-refractivity contribution in [2.24, 2.45) is 5.92 Å². The molecule has 6 nitrogen and oxygen atoms in total. The van der Waals surface area contributed by atoms with Gasteiger partial charge in [-0.1, -0.05) is 0 Å². The quantitative estimate of drug-likeness (QED) is 0.773. The summed E-state index contributed by atoms with van der Waals surface area (Å²) in [6.07, 6.45) is 4.66. The molecule has 1 saturated carbocycles. The lowest BCUT2D eigenvalue weighted by atomic mass is 10.1. The van der Waals surface area contributed by atoms with Crippen LogP contribution in [0, 0.1) is 17.2 Å². The molecule has 0 saturated heterocycles. The third kappa shape index (κ3) is 2.73.